The van der Waals surface area contributed by atoms with Crippen molar-refractivity contribution in [2.24, 2.45) is 0 Å². The third-order valence-corrected chi connectivity index (χ3v) is 3.05. The maximum Gasteiger partial charge on any atom is 0.338 e. The van der Waals surface area contributed by atoms with Crippen molar-refractivity contribution >= 4 is 17.0 Å². The van der Waals surface area contributed by atoms with Crippen molar-refractivity contribution in [2.75, 3.05) is 0 Å². The molecule has 0 bridgehead atoms. The van der Waals surface area contributed by atoms with Crippen LogP contribution in [0, 0.1) is 0 Å². The monoisotopic (exact) mass is 257 g/mol. The fourth-order valence-electron chi connectivity index (χ4n) is 2.07. The zero-order valence-electron chi connectivity index (χ0n) is 10.1. The molecule has 1 unspecified atom stereocenters. The van der Waals surface area contributed by atoms with Crippen molar-refractivity contribution in [2.45, 2.75) is 13.0 Å². The first-order valence-corrected chi connectivity index (χ1v) is 5.79. The normalized spacial score (nSPS) is 12.7. The molecule has 0 aliphatic carbocycles. The highest BCUT2D eigenvalue weighted by Crippen LogP contribution is 2.23. The Morgan fingerprint density at radius 2 is 2.21 bits per heavy atom. The first-order chi connectivity index (χ1) is 9.18. The Morgan fingerprint density at radius 1 is 1.37 bits per heavy atom. The van der Waals surface area contributed by atoms with Crippen LogP contribution in [0.5, 0.6) is 0 Å². The molecule has 1 N–H and O–H groups in total. The molecule has 1 atom stereocenters. The van der Waals surface area contributed by atoms with Gasteiger partial charge >= 0.3 is 5.97 Å². The highest BCUT2D eigenvalue weighted by molar-refractivity contribution is 6.00. The van der Waals surface area contributed by atoms with Gasteiger partial charge in [0.2, 0.25) is 0 Å². The number of fused-ring (bicyclic) bond motifs is 1. The maximum atomic E-state index is 11.1. The van der Waals surface area contributed by atoms with E-state index in [9.17, 15) is 4.79 Å². The van der Waals surface area contributed by atoms with Crippen molar-refractivity contribution in [3.05, 3.63) is 47.9 Å². The van der Waals surface area contributed by atoms with E-state index in [1.807, 2.05) is 13.0 Å². The number of benzene rings is 1. The lowest BCUT2D eigenvalue weighted by Crippen LogP contribution is -2.07. The molecule has 6 heteroatoms. The summed E-state index contributed by atoms with van der Waals surface area (Å²) in [5.41, 5.74) is 1.20. The Morgan fingerprint density at radius 3 is 2.89 bits per heavy atom. The van der Waals surface area contributed by atoms with E-state index in [0.29, 0.717) is 11.0 Å². The van der Waals surface area contributed by atoms with Crippen LogP contribution >= 0.6 is 0 Å². The van der Waals surface area contributed by atoms with E-state index in [1.165, 1.54) is 6.07 Å². The fraction of sp³-hybridized carbons (Fsp3) is 0.154. The molecule has 6 nitrogen and oxygen atoms in total. The summed E-state index contributed by atoms with van der Waals surface area (Å²) in [7, 11) is 0. The summed E-state index contributed by atoms with van der Waals surface area (Å²) in [5, 5.41) is 17.1. The van der Waals surface area contributed by atoms with Gasteiger partial charge in [-0.15, -0.1) is 5.10 Å². The standard InChI is InChI=1S/C13H11N3O3/c1-8(11-6-3-7-19-11)16-10-5-2-4-9(13(17)18)12(10)14-15-16/h2-8H,1H3,(H,17,18). The summed E-state index contributed by atoms with van der Waals surface area (Å²) in [4.78, 5) is 11.1. The Kier molecular flexibility index (Phi) is 2.56. The summed E-state index contributed by atoms with van der Waals surface area (Å²) in [6.45, 7) is 1.92. The van der Waals surface area contributed by atoms with E-state index in [2.05, 4.69) is 10.3 Å². The Balaban J connectivity index is 2.16. The number of hydrogen-bond acceptors (Lipinski definition) is 4. The summed E-state index contributed by atoms with van der Waals surface area (Å²) in [6.07, 6.45) is 1.59. The molecular weight excluding hydrogens is 246 g/mol. The average molecular weight is 257 g/mol. The van der Waals surface area contributed by atoms with Gasteiger partial charge in [-0.25, -0.2) is 9.48 Å². The number of carboxylic acids is 1. The lowest BCUT2D eigenvalue weighted by atomic mass is 10.1. The minimum Gasteiger partial charge on any atom is -0.478 e. The summed E-state index contributed by atoms with van der Waals surface area (Å²) >= 11 is 0. The van der Waals surface area contributed by atoms with Gasteiger partial charge < -0.3 is 9.52 Å². The molecule has 0 saturated heterocycles. The third kappa shape index (κ3) is 1.77. The molecule has 0 aliphatic rings. The largest absolute Gasteiger partial charge is 0.478 e. The predicted molar refractivity (Wildman–Crippen MR) is 67.0 cm³/mol. The molecule has 0 amide bonds. The van der Waals surface area contributed by atoms with Gasteiger partial charge in [0.1, 0.15) is 17.3 Å². The van der Waals surface area contributed by atoms with Crippen LogP contribution in [0.2, 0.25) is 0 Å². The SMILES string of the molecule is CC(c1ccco1)n1nnc2c(C(=O)O)cccc21. The van der Waals surface area contributed by atoms with Crippen LogP contribution in [-0.4, -0.2) is 26.1 Å². The molecule has 3 rings (SSSR count). The summed E-state index contributed by atoms with van der Waals surface area (Å²) in [5.74, 6) is -0.268. The number of carboxylic acid groups (broad SMARTS) is 1. The Labute approximate surface area is 108 Å². The van der Waals surface area contributed by atoms with Crippen LogP contribution in [0.3, 0.4) is 0 Å². The minimum absolute atomic E-state index is 0.149. The van der Waals surface area contributed by atoms with Gasteiger partial charge in [-0.3, -0.25) is 0 Å². The van der Waals surface area contributed by atoms with E-state index < -0.39 is 5.97 Å². The molecule has 0 radical (unpaired) electrons. The van der Waals surface area contributed by atoms with E-state index in [1.54, 1.807) is 29.1 Å². The van der Waals surface area contributed by atoms with Crippen LogP contribution in [0.15, 0.2) is 41.0 Å². The summed E-state index contributed by atoms with van der Waals surface area (Å²) < 4.78 is 6.99. The quantitative estimate of drug-likeness (QED) is 0.778. The van der Waals surface area contributed by atoms with Gasteiger partial charge in [0.05, 0.1) is 17.3 Å². The Hall–Kier alpha value is -2.63. The van der Waals surface area contributed by atoms with Crippen LogP contribution in [0.25, 0.3) is 11.0 Å². The number of nitrogens with zero attached hydrogens (tertiary/aromatic N) is 3. The molecular formula is C13H11N3O3. The number of hydrogen-bond donors (Lipinski definition) is 1. The number of rotatable bonds is 3. The molecule has 19 heavy (non-hydrogen) atoms. The molecule has 96 valence electrons. The van der Waals surface area contributed by atoms with Crippen molar-refractivity contribution in [1.82, 2.24) is 15.0 Å². The first kappa shape index (κ1) is 11.5. The molecule has 1 aromatic carbocycles. The number of aromatic nitrogens is 3. The number of furan rings is 1. The van der Waals surface area contributed by atoms with Gasteiger partial charge in [0.15, 0.2) is 0 Å². The van der Waals surface area contributed by atoms with Crippen molar-refractivity contribution < 1.29 is 14.3 Å². The van der Waals surface area contributed by atoms with Gasteiger partial charge in [0, 0.05) is 0 Å². The Bertz CT molecular complexity index is 731. The van der Waals surface area contributed by atoms with Crippen molar-refractivity contribution in [3.63, 3.8) is 0 Å². The maximum absolute atomic E-state index is 11.1. The van der Waals surface area contributed by atoms with E-state index in [-0.39, 0.29) is 11.6 Å². The van der Waals surface area contributed by atoms with E-state index in [4.69, 9.17) is 9.52 Å². The fourth-order valence-corrected chi connectivity index (χ4v) is 2.07. The van der Waals surface area contributed by atoms with Gasteiger partial charge in [-0.05, 0) is 31.2 Å². The van der Waals surface area contributed by atoms with Crippen molar-refractivity contribution in [1.29, 1.82) is 0 Å². The molecule has 0 aliphatic heterocycles. The molecule has 0 fully saturated rings. The van der Waals surface area contributed by atoms with Gasteiger partial charge in [-0.1, -0.05) is 11.3 Å². The molecule has 0 saturated carbocycles. The topological polar surface area (TPSA) is 81.2 Å². The highest BCUT2D eigenvalue weighted by Gasteiger charge is 2.18. The van der Waals surface area contributed by atoms with E-state index in [0.717, 1.165) is 5.76 Å². The smallest absolute Gasteiger partial charge is 0.338 e. The molecule has 2 aromatic heterocycles. The molecule has 3 aromatic rings. The second kappa shape index (κ2) is 4.24. The molecule has 2 heterocycles. The van der Waals surface area contributed by atoms with Gasteiger partial charge in [0.25, 0.3) is 0 Å². The summed E-state index contributed by atoms with van der Waals surface area (Å²) in [6, 6.07) is 8.49. The number of aromatic carboxylic acids is 1. The van der Waals surface area contributed by atoms with Crippen LogP contribution in [0.1, 0.15) is 29.1 Å². The third-order valence-electron chi connectivity index (χ3n) is 3.05. The average Bonchev–Trinajstić information content (AvgIpc) is 3.06. The van der Waals surface area contributed by atoms with Crippen LogP contribution in [0.4, 0.5) is 0 Å². The molecule has 0 spiro atoms. The lowest BCUT2D eigenvalue weighted by molar-refractivity contribution is 0.0699. The predicted octanol–water partition coefficient (Wildman–Crippen LogP) is 2.33. The highest BCUT2D eigenvalue weighted by atomic mass is 16.4. The van der Waals surface area contributed by atoms with E-state index >= 15 is 0 Å². The zero-order valence-corrected chi connectivity index (χ0v) is 10.1. The lowest BCUT2D eigenvalue weighted by Gasteiger charge is -2.09. The first-order valence-electron chi connectivity index (χ1n) is 5.79. The second-order valence-electron chi connectivity index (χ2n) is 4.20. The van der Waals surface area contributed by atoms with Crippen LogP contribution < -0.4 is 0 Å². The van der Waals surface area contributed by atoms with Crippen molar-refractivity contribution in [3.8, 4) is 0 Å². The van der Waals surface area contributed by atoms with Gasteiger partial charge in [-0.2, -0.15) is 0 Å². The second-order valence-corrected chi connectivity index (χ2v) is 4.20. The number of carbonyl (C=O) groups is 1. The minimum atomic E-state index is -1.01. The van der Waals surface area contributed by atoms with Crippen LogP contribution in [-0.2, 0) is 0 Å². The zero-order chi connectivity index (χ0) is 13.4.